The highest BCUT2D eigenvalue weighted by molar-refractivity contribution is 5.89. The van der Waals surface area contributed by atoms with Gasteiger partial charge in [-0.15, -0.1) is 0 Å². The molecule has 0 spiro atoms. The number of rotatable bonds is 3. The number of nitrogens with one attached hydrogen (secondary N) is 2. The number of imidazole rings is 1. The highest BCUT2D eigenvalue weighted by Gasteiger charge is 2.14. The SMILES string of the molecule is COc1ccc(-c2noc(-c3cccc4[nH]c(=O)[nH]c34)n2)cc1. The number of aromatic nitrogens is 4. The first-order valence-electron chi connectivity index (χ1n) is 6.94. The van der Waals surface area contributed by atoms with Crippen LogP contribution in [0.15, 0.2) is 51.8 Å². The molecule has 2 aromatic heterocycles. The monoisotopic (exact) mass is 308 g/mol. The van der Waals surface area contributed by atoms with Crippen LogP contribution in [0.3, 0.4) is 0 Å². The highest BCUT2D eigenvalue weighted by Crippen LogP contribution is 2.27. The predicted octanol–water partition coefficient (Wildman–Crippen LogP) is 2.58. The summed E-state index contributed by atoms with van der Waals surface area (Å²) >= 11 is 0. The summed E-state index contributed by atoms with van der Waals surface area (Å²) in [5.41, 5.74) is 2.55. The minimum Gasteiger partial charge on any atom is -0.497 e. The van der Waals surface area contributed by atoms with Crippen molar-refractivity contribution in [1.29, 1.82) is 0 Å². The molecular formula is C16H12N4O3. The Bertz CT molecular complexity index is 1030. The van der Waals surface area contributed by atoms with E-state index in [1.807, 2.05) is 36.4 Å². The van der Waals surface area contributed by atoms with Crippen LogP contribution in [0.1, 0.15) is 0 Å². The van der Waals surface area contributed by atoms with E-state index in [9.17, 15) is 4.79 Å². The van der Waals surface area contributed by atoms with Crippen LogP contribution in [0, 0.1) is 0 Å². The van der Waals surface area contributed by atoms with E-state index in [4.69, 9.17) is 9.26 Å². The summed E-state index contributed by atoms with van der Waals surface area (Å²) in [5, 5.41) is 4.00. The van der Waals surface area contributed by atoms with Crippen molar-refractivity contribution in [1.82, 2.24) is 20.1 Å². The number of nitrogens with zero attached hydrogens (tertiary/aromatic N) is 2. The summed E-state index contributed by atoms with van der Waals surface area (Å²) < 4.78 is 10.5. The third-order valence-electron chi connectivity index (χ3n) is 3.56. The second kappa shape index (κ2) is 5.13. The Morgan fingerprint density at radius 2 is 1.91 bits per heavy atom. The number of para-hydroxylation sites is 1. The van der Waals surface area contributed by atoms with Crippen molar-refractivity contribution in [2.24, 2.45) is 0 Å². The van der Waals surface area contributed by atoms with Crippen molar-refractivity contribution in [3.63, 3.8) is 0 Å². The van der Waals surface area contributed by atoms with Crippen molar-refractivity contribution < 1.29 is 9.26 Å². The van der Waals surface area contributed by atoms with Crippen LogP contribution in [0.4, 0.5) is 0 Å². The molecule has 0 bridgehead atoms. The summed E-state index contributed by atoms with van der Waals surface area (Å²) in [4.78, 5) is 21.3. The van der Waals surface area contributed by atoms with Crippen molar-refractivity contribution in [2.45, 2.75) is 0 Å². The number of hydrogen-bond donors (Lipinski definition) is 2. The molecule has 114 valence electrons. The quantitative estimate of drug-likeness (QED) is 0.606. The first-order chi connectivity index (χ1) is 11.2. The minimum absolute atomic E-state index is 0.276. The molecule has 0 aliphatic carbocycles. The van der Waals surface area contributed by atoms with Gasteiger partial charge in [-0.25, -0.2) is 4.79 Å². The lowest BCUT2D eigenvalue weighted by atomic mass is 10.2. The normalized spacial score (nSPS) is 11.0. The molecular weight excluding hydrogens is 296 g/mol. The molecule has 4 rings (SSSR count). The summed E-state index contributed by atoms with van der Waals surface area (Å²) in [6.45, 7) is 0. The summed E-state index contributed by atoms with van der Waals surface area (Å²) in [6.07, 6.45) is 0. The topological polar surface area (TPSA) is 96.8 Å². The Labute approximate surface area is 129 Å². The van der Waals surface area contributed by atoms with Gasteiger partial charge in [-0.05, 0) is 36.4 Å². The average Bonchev–Trinajstić information content (AvgIpc) is 3.20. The van der Waals surface area contributed by atoms with Crippen LogP contribution in [-0.4, -0.2) is 27.2 Å². The van der Waals surface area contributed by atoms with Gasteiger partial charge in [0.05, 0.1) is 23.7 Å². The van der Waals surface area contributed by atoms with E-state index in [2.05, 4.69) is 20.1 Å². The lowest BCUT2D eigenvalue weighted by Gasteiger charge is -1.99. The number of hydrogen-bond acceptors (Lipinski definition) is 5. The number of aromatic amines is 2. The number of benzene rings is 2. The molecule has 23 heavy (non-hydrogen) atoms. The predicted molar refractivity (Wildman–Crippen MR) is 84.2 cm³/mol. The average molecular weight is 308 g/mol. The molecule has 0 atom stereocenters. The lowest BCUT2D eigenvalue weighted by molar-refractivity contribution is 0.415. The Morgan fingerprint density at radius 1 is 1.09 bits per heavy atom. The fourth-order valence-electron chi connectivity index (χ4n) is 2.43. The van der Waals surface area contributed by atoms with E-state index in [0.717, 1.165) is 11.3 Å². The molecule has 0 aliphatic heterocycles. The summed E-state index contributed by atoms with van der Waals surface area (Å²) in [5.74, 6) is 1.57. The smallest absolute Gasteiger partial charge is 0.323 e. The second-order valence-corrected chi connectivity index (χ2v) is 4.96. The summed E-state index contributed by atoms with van der Waals surface area (Å²) in [6, 6.07) is 12.8. The van der Waals surface area contributed by atoms with Crippen molar-refractivity contribution in [2.75, 3.05) is 7.11 Å². The second-order valence-electron chi connectivity index (χ2n) is 4.96. The maximum absolute atomic E-state index is 11.5. The molecule has 2 N–H and O–H groups in total. The van der Waals surface area contributed by atoms with E-state index >= 15 is 0 Å². The van der Waals surface area contributed by atoms with Gasteiger partial charge in [-0.2, -0.15) is 4.98 Å². The lowest BCUT2D eigenvalue weighted by Crippen LogP contribution is -1.99. The van der Waals surface area contributed by atoms with Gasteiger partial charge in [-0.1, -0.05) is 11.2 Å². The maximum atomic E-state index is 11.5. The number of ether oxygens (including phenoxy) is 1. The fourth-order valence-corrected chi connectivity index (χ4v) is 2.43. The van der Waals surface area contributed by atoms with Crippen molar-refractivity contribution in [3.8, 4) is 28.6 Å². The third kappa shape index (κ3) is 2.28. The Kier molecular flexibility index (Phi) is 2.97. The summed E-state index contributed by atoms with van der Waals surface area (Å²) in [7, 11) is 1.61. The van der Waals surface area contributed by atoms with E-state index in [0.29, 0.717) is 28.3 Å². The van der Waals surface area contributed by atoms with Crippen LogP contribution in [0.2, 0.25) is 0 Å². The third-order valence-corrected chi connectivity index (χ3v) is 3.56. The first kappa shape index (κ1) is 13.3. The Hall–Kier alpha value is -3.35. The molecule has 0 radical (unpaired) electrons. The largest absolute Gasteiger partial charge is 0.497 e. The van der Waals surface area contributed by atoms with Crippen LogP contribution >= 0.6 is 0 Å². The zero-order valence-corrected chi connectivity index (χ0v) is 12.2. The molecule has 2 aromatic carbocycles. The van der Waals surface area contributed by atoms with Crippen molar-refractivity contribution in [3.05, 3.63) is 52.9 Å². The van der Waals surface area contributed by atoms with E-state index in [-0.39, 0.29) is 5.69 Å². The van der Waals surface area contributed by atoms with Gasteiger partial charge >= 0.3 is 5.69 Å². The molecule has 0 fully saturated rings. The van der Waals surface area contributed by atoms with E-state index in [1.54, 1.807) is 13.2 Å². The highest BCUT2D eigenvalue weighted by atomic mass is 16.5. The molecule has 2 heterocycles. The van der Waals surface area contributed by atoms with E-state index in [1.165, 1.54) is 0 Å². The Balaban J connectivity index is 1.78. The fraction of sp³-hybridized carbons (Fsp3) is 0.0625. The number of methoxy groups -OCH3 is 1. The number of fused-ring (bicyclic) bond motifs is 1. The van der Waals surface area contributed by atoms with E-state index < -0.39 is 0 Å². The van der Waals surface area contributed by atoms with Crippen LogP contribution in [0.25, 0.3) is 33.9 Å². The zero-order chi connectivity index (χ0) is 15.8. The van der Waals surface area contributed by atoms with Gasteiger partial charge in [-0.3, -0.25) is 0 Å². The van der Waals surface area contributed by atoms with Gasteiger partial charge in [0.2, 0.25) is 5.82 Å². The molecule has 0 saturated heterocycles. The van der Waals surface area contributed by atoms with Crippen LogP contribution < -0.4 is 10.4 Å². The Morgan fingerprint density at radius 3 is 2.70 bits per heavy atom. The molecule has 0 aliphatic rings. The molecule has 4 aromatic rings. The van der Waals surface area contributed by atoms with Gasteiger partial charge in [0.25, 0.3) is 5.89 Å². The zero-order valence-electron chi connectivity index (χ0n) is 12.2. The van der Waals surface area contributed by atoms with Gasteiger partial charge in [0.1, 0.15) is 5.75 Å². The maximum Gasteiger partial charge on any atom is 0.323 e. The number of H-pyrrole nitrogens is 2. The molecule has 0 unspecified atom stereocenters. The van der Waals surface area contributed by atoms with Gasteiger partial charge in [0.15, 0.2) is 0 Å². The molecule has 7 nitrogen and oxygen atoms in total. The van der Waals surface area contributed by atoms with Crippen LogP contribution in [-0.2, 0) is 0 Å². The standard InChI is InChI=1S/C16H12N4O3/c1-22-10-7-5-9(6-8-10)14-19-15(23-20-14)11-3-2-4-12-13(11)18-16(21)17-12/h2-8H,1H3,(H2,17,18,21). The van der Waals surface area contributed by atoms with Gasteiger partial charge in [0, 0.05) is 5.56 Å². The van der Waals surface area contributed by atoms with Crippen LogP contribution in [0.5, 0.6) is 5.75 Å². The molecule has 0 amide bonds. The molecule has 7 heteroatoms. The first-order valence-corrected chi connectivity index (χ1v) is 6.94. The van der Waals surface area contributed by atoms with Gasteiger partial charge < -0.3 is 19.2 Å². The van der Waals surface area contributed by atoms with Crippen molar-refractivity contribution >= 4 is 11.0 Å². The molecule has 0 saturated carbocycles. The minimum atomic E-state index is -0.276.